The van der Waals surface area contributed by atoms with Crippen molar-refractivity contribution in [2.75, 3.05) is 0 Å². The summed E-state index contributed by atoms with van der Waals surface area (Å²) in [6.07, 6.45) is 0. The van der Waals surface area contributed by atoms with Gasteiger partial charge >= 0.3 is 0 Å². The molecule has 482 valence electrons. The van der Waals surface area contributed by atoms with Crippen molar-refractivity contribution in [1.29, 1.82) is 0 Å². The third kappa shape index (κ3) is 8.39. The Kier molecular flexibility index (Phi) is 12.2. The maximum Gasteiger partial charge on any atom is 0.237 e. The summed E-state index contributed by atoms with van der Waals surface area (Å²) in [6.45, 7) is 14.1. The number of hydrogen-bond acceptors (Lipinski definition) is 2. The Labute approximate surface area is 592 Å². The van der Waals surface area contributed by atoms with Gasteiger partial charge in [-0.3, -0.25) is 9.13 Å². The number of benzene rings is 14. The highest BCUT2D eigenvalue weighted by atomic mass is 15.2. The number of fused-ring (bicyclic) bond motifs is 18. The largest absolute Gasteiger partial charge is 0.309 e. The lowest BCUT2D eigenvalue weighted by Crippen LogP contribution is -2.14. The molecule has 0 N–H and O–H groups in total. The third-order valence-electron chi connectivity index (χ3n) is 23.5. The van der Waals surface area contributed by atoms with Crippen LogP contribution in [-0.4, -0.2) is 23.7 Å². The van der Waals surface area contributed by atoms with Gasteiger partial charge in [-0.25, -0.2) is 4.98 Å². The highest BCUT2D eigenvalue weighted by molar-refractivity contribution is 6.13. The highest BCUT2D eigenvalue weighted by Gasteiger charge is 2.38. The van der Waals surface area contributed by atoms with Crippen molar-refractivity contribution in [2.24, 2.45) is 0 Å². The summed E-state index contributed by atoms with van der Waals surface area (Å²) in [5.41, 5.74) is 35.0. The van der Waals surface area contributed by atoms with Gasteiger partial charge in [-0.2, -0.15) is 4.98 Å². The number of nitrogens with zero attached hydrogens (tertiary/aromatic N) is 5. The first-order chi connectivity index (χ1) is 49.8. The fraction of sp³-hybridized carbons (Fsp3) is 0.0928. The quantitative estimate of drug-likeness (QED) is 0.152. The number of hydrogen-bond donors (Lipinski definition) is 0. The summed E-state index contributed by atoms with van der Waals surface area (Å²) in [7, 11) is 0. The summed E-state index contributed by atoms with van der Waals surface area (Å²) in [5.74, 6) is 1.38. The second-order valence-corrected chi connectivity index (χ2v) is 30.1. The lowest BCUT2D eigenvalue weighted by Gasteiger charge is -2.21. The average molecular weight is 1300 g/mol. The monoisotopic (exact) mass is 1300 g/mol. The van der Waals surface area contributed by atoms with Crippen molar-refractivity contribution in [3.63, 3.8) is 0 Å². The molecular weight excluding hydrogens is 1240 g/mol. The van der Waals surface area contributed by atoms with E-state index in [1.165, 1.54) is 127 Å². The van der Waals surface area contributed by atoms with Crippen molar-refractivity contribution in [2.45, 2.75) is 57.8 Å². The van der Waals surface area contributed by atoms with Crippen LogP contribution in [0.3, 0.4) is 0 Å². The van der Waals surface area contributed by atoms with Gasteiger partial charge in [-0.15, -0.1) is 0 Å². The predicted molar refractivity (Wildman–Crippen MR) is 425 cm³/mol. The second kappa shape index (κ2) is 21.3. The Balaban J connectivity index is 0.676. The predicted octanol–water partition coefficient (Wildman–Crippen LogP) is 25.0. The molecule has 0 saturated carbocycles. The first kappa shape index (κ1) is 58.5. The van der Waals surface area contributed by atoms with Gasteiger partial charge in [0.1, 0.15) is 5.82 Å². The van der Waals surface area contributed by atoms with Crippen LogP contribution in [0, 0.1) is 0 Å². The van der Waals surface area contributed by atoms with E-state index in [-0.39, 0.29) is 16.2 Å². The van der Waals surface area contributed by atoms with Crippen LogP contribution in [0.2, 0.25) is 0 Å². The number of rotatable bonds is 8. The molecule has 0 amide bonds. The van der Waals surface area contributed by atoms with Crippen molar-refractivity contribution in [3.05, 3.63) is 343 Å². The Hall–Kier alpha value is -12.4. The van der Waals surface area contributed by atoms with Gasteiger partial charge in [0.25, 0.3) is 0 Å². The number of para-hydroxylation sites is 3. The molecule has 3 aliphatic rings. The first-order valence-electron chi connectivity index (χ1n) is 35.8. The van der Waals surface area contributed by atoms with Crippen molar-refractivity contribution in [1.82, 2.24) is 23.7 Å². The molecule has 3 aliphatic carbocycles. The lowest BCUT2D eigenvalue weighted by atomic mass is 9.82. The molecule has 0 saturated heterocycles. The van der Waals surface area contributed by atoms with Gasteiger partial charge in [0, 0.05) is 65.9 Å². The third-order valence-corrected chi connectivity index (χ3v) is 23.5. The fourth-order valence-corrected chi connectivity index (χ4v) is 18.3. The Morgan fingerprint density at radius 3 is 0.961 bits per heavy atom. The zero-order valence-electron chi connectivity index (χ0n) is 57.7. The summed E-state index contributed by atoms with van der Waals surface area (Å²) in [4.78, 5) is 11.4. The molecule has 0 fully saturated rings. The molecule has 0 unspecified atom stereocenters. The lowest BCUT2D eigenvalue weighted by molar-refractivity contribution is 0.660. The Morgan fingerprint density at radius 2 is 0.520 bits per heavy atom. The molecule has 5 heteroatoms. The molecular formula is C97H69N5. The maximum atomic E-state index is 5.74. The van der Waals surface area contributed by atoms with E-state index in [1.54, 1.807) is 0 Å². The Morgan fingerprint density at radius 1 is 0.216 bits per heavy atom. The van der Waals surface area contributed by atoms with Gasteiger partial charge in [0.15, 0.2) is 0 Å². The van der Waals surface area contributed by atoms with E-state index in [0.717, 1.165) is 72.1 Å². The van der Waals surface area contributed by atoms with Gasteiger partial charge < -0.3 is 4.57 Å². The molecule has 4 heterocycles. The zero-order valence-corrected chi connectivity index (χ0v) is 57.7. The van der Waals surface area contributed by atoms with Crippen molar-refractivity contribution >= 4 is 65.4 Å². The van der Waals surface area contributed by atoms with Crippen molar-refractivity contribution in [3.8, 4) is 107 Å². The molecule has 5 nitrogen and oxygen atoms in total. The van der Waals surface area contributed by atoms with E-state index >= 15 is 0 Å². The molecule has 0 bridgehead atoms. The Bertz CT molecular complexity index is 6400. The smallest absolute Gasteiger partial charge is 0.237 e. The first-order valence-corrected chi connectivity index (χ1v) is 35.8. The summed E-state index contributed by atoms with van der Waals surface area (Å²) in [5, 5.41) is 7.09. The van der Waals surface area contributed by atoms with Crippen LogP contribution in [-0.2, 0) is 16.2 Å². The summed E-state index contributed by atoms with van der Waals surface area (Å²) in [6, 6.07) is 115. The molecule has 21 rings (SSSR count). The van der Waals surface area contributed by atoms with Crippen molar-refractivity contribution < 1.29 is 0 Å². The van der Waals surface area contributed by atoms with Gasteiger partial charge in [-0.1, -0.05) is 260 Å². The SMILES string of the molecule is CC1(C)c2ccccc2-c2cc(-c3ccc4c(c3)c3ccccc3n4-c3ccc(-c4ccc(-c5cc(-n6c7ccccc7c7cc(-c8ccc9c(c8)-c8ccccc8C9(C)C)ccc76)nc(-n6c7ccccc7c7cc(-c8ccc9c(c8)-c8ccccc8C9(C)C)ccc76)n5)cc4)cc3)ccc21. The van der Waals surface area contributed by atoms with Crippen LogP contribution in [0.15, 0.2) is 309 Å². The molecule has 14 aromatic carbocycles. The second-order valence-electron chi connectivity index (χ2n) is 30.1. The minimum atomic E-state index is -0.0688. The standard InChI is InChI=1S/C97H69N5/c1-95(2)80-25-13-7-19-68(80)74-51-61(37-45-83(74)95)64-40-48-90-77(54-64)71-22-10-16-28-87(71)100(90)67-43-35-59(36-44-67)58-31-33-60(34-32-58)86-57-93(101-88-29-17-11-23-72(88)78-55-65(41-49-91(78)101)62-38-46-84-75(52-62)69-20-8-14-26-81(69)96(84,3)4)99-94(98-86)102-89-30-18-12-24-73(89)79-56-66(42-50-92(79)102)63-39-47-85-76(53-63)70-21-9-15-27-82(70)97(85,5)6/h7-57H,1-6H3. The van der Waals surface area contributed by atoms with E-state index in [0.29, 0.717) is 5.95 Å². The fourth-order valence-electron chi connectivity index (χ4n) is 18.3. The van der Waals surface area contributed by atoms with Gasteiger partial charge in [-0.05, 0) is 196 Å². The molecule has 4 aromatic heterocycles. The molecule has 18 aromatic rings. The molecule has 0 aliphatic heterocycles. The van der Waals surface area contributed by atoms with Gasteiger partial charge in [0.2, 0.25) is 5.95 Å². The van der Waals surface area contributed by atoms with E-state index in [4.69, 9.17) is 9.97 Å². The highest BCUT2D eigenvalue weighted by Crippen LogP contribution is 2.53. The van der Waals surface area contributed by atoms with E-state index in [1.807, 2.05) is 0 Å². The van der Waals surface area contributed by atoms with E-state index in [9.17, 15) is 0 Å². The van der Waals surface area contributed by atoms with Crippen LogP contribution in [0.5, 0.6) is 0 Å². The van der Waals surface area contributed by atoms with Crippen LogP contribution in [0.1, 0.15) is 74.9 Å². The normalized spacial score (nSPS) is 14.2. The van der Waals surface area contributed by atoms with E-state index in [2.05, 4.69) is 365 Å². The maximum absolute atomic E-state index is 5.74. The molecule has 102 heavy (non-hydrogen) atoms. The molecule has 0 spiro atoms. The molecule has 0 atom stereocenters. The minimum absolute atomic E-state index is 0.0329. The van der Waals surface area contributed by atoms with Crippen LogP contribution in [0.4, 0.5) is 0 Å². The molecule has 0 radical (unpaired) electrons. The average Bonchev–Trinajstić information content (AvgIpc) is 1.59. The topological polar surface area (TPSA) is 40.6 Å². The van der Waals surface area contributed by atoms with Crippen LogP contribution < -0.4 is 0 Å². The van der Waals surface area contributed by atoms with Crippen LogP contribution >= 0.6 is 0 Å². The number of aromatic nitrogens is 5. The summed E-state index contributed by atoms with van der Waals surface area (Å²) >= 11 is 0. The minimum Gasteiger partial charge on any atom is -0.309 e. The van der Waals surface area contributed by atoms with Crippen LogP contribution in [0.25, 0.3) is 172 Å². The zero-order chi connectivity index (χ0) is 68.1. The summed E-state index contributed by atoms with van der Waals surface area (Å²) < 4.78 is 7.05. The van der Waals surface area contributed by atoms with Gasteiger partial charge in [0.05, 0.1) is 38.8 Å². The van der Waals surface area contributed by atoms with E-state index < -0.39 is 0 Å².